The lowest BCUT2D eigenvalue weighted by atomic mass is 9.86. The molecule has 0 spiro atoms. The third kappa shape index (κ3) is 4.84. The predicted molar refractivity (Wildman–Crippen MR) is 69.7 cm³/mol. The van der Waals surface area contributed by atoms with E-state index in [4.69, 9.17) is 4.74 Å². The normalized spacial score (nSPS) is 23.1. The fourth-order valence-corrected chi connectivity index (χ4v) is 2.23. The van der Waals surface area contributed by atoms with Crippen LogP contribution in [0.5, 0.6) is 0 Å². The van der Waals surface area contributed by atoms with Gasteiger partial charge in [-0.2, -0.15) is 0 Å². The minimum absolute atomic E-state index is 0.351. The smallest absolute Gasteiger partial charge is 0.0468 e. The molecule has 0 bridgehead atoms. The molecule has 1 aliphatic rings. The summed E-state index contributed by atoms with van der Waals surface area (Å²) >= 11 is 0. The van der Waals surface area contributed by atoms with Gasteiger partial charge in [-0.1, -0.05) is 20.8 Å². The van der Waals surface area contributed by atoms with Crippen LogP contribution in [0, 0.1) is 11.3 Å². The molecule has 1 N–H and O–H groups in total. The van der Waals surface area contributed by atoms with Crippen LogP contribution in [0.4, 0.5) is 0 Å². The first-order chi connectivity index (χ1) is 7.39. The Labute approximate surface area is 101 Å². The van der Waals surface area contributed by atoms with Crippen molar-refractivity contribution in [3.8, 4) is 0 Å². The van der Waals surface area contributed by atoms with Crippen molar-refractivity contribution in [2.75, 3.05) is 13.2 Å². The largest absolute Gasteiger partial charge is 0.381 e. The monoisotopic (exact) mass is 227 g/mol. The third-order valence-electron chi connectivity index (χ3n) is 3.86. The third-order valence-corrected chi connectivity index (χ3v) is 3.86. The Kier molecular flexibility index (Phi) is 5.26. The van der Waals surface area contributed by atoms with Crippen molar-refractivity contribution in [2.24, 2.45) is 11.3 Å². The van der Waals surface area contributed by atoms with Crippen molar-refractivity contribution in [1.82, 2.24) is 5.32 Å². The maximum absolute atomic E-state index is 5.40. The Balaban J connectivity index is 2.26. The molecule has 1 rings (SSSR count). The SMILES string of the molecule is CC(CC1CCOCC1)NC(C)C(C)(C)C. The number of nitrogens with one attached hydrogen (secondary N) is 1. The standard InChI is InChI=1S/C14H29NO/c1-11(15-12(2)14(3,4)5)10-13-6-8-16-9-7-13/h11-13,15H,6-10H2,1-5H3. The van der Waals surface area contributed by atoms with E-state index in [2.05, 4.69) is 39.9 Å². The summed E-state index contributed by atoms with van der Waals surface area (Å²) < 4.78 is 5.40. The van der Waals surface area contributed by atoms with Crippen LogP contribution in [0.25, 0.3) is 0 Å². The maximum Gasteiger partial charge on any atom is 0.0468 e. The van der Waals surface area contributed by atoms with Gasteiger partial charge in [0.05, 0.1) is 0 Å². The van der Waals surface area contributed by atoms with Gasteiger partial charge in [0.1, 0.15) is 0 Å². The molecule has 0 saturated carbocycles. The molecule has 0 amide bonds. The molecule has 0 aliphatic carbocycles. The van der Waals surface area contributed by atoms with Crippen molar-refractivity contribution in [3.63, 3.8) is 0 Å². The Morgan fingerprint density at radius 1 is 1.19 bits per heavy atom. The molecule has 1 aliphatic heterocycles. The summed E-state index contributed by atoms with van der Waals surface area (Å²) in [7, 11) is 0. The average Bonchev–Trinajstić information content (AvgIpc) is 2.17. The summed E-state index contributed by atoms with van der Waals surface area (Å²) in [4.78, 5) is 0. The average molecular weight is 227 g/mol. The predicted octanol–water partition coefficient (Wildman–Crippen LogP) is 3.22. The Morgan fingerprint density at radius 3 is 2.25 bits per heavy atom. The van der Waals surface area contributed by atoms with Gasteiger partial charge in [0.15, 0.2) is 0 Å². The van der Waals surface area contributed by atoms with Gasteiger partial charge in [0, 0.05) is 25.3 Å². The van der Waals surface area contributed by atoms with Crippen LogP contribution in [0.2, 0.25) is 0 Å². The molecular weight excluding hydrogens is 198 g/mol. The van der Waals surface area contributed by atoms with Gasteiger partial charge in [0.25, 0.3) is 0 Å². The van der Waals surface area contributed by atoms with Gasteiger partial charge >= 0.3 is 0 Å². The summed E-state index contributed by atoms with van der Waals surface area (Å²) in [6, 6.07) is 1.19. The van der Waals surface area contributed by atoms with Crippen LogP contribution in [-0.4, -0.2) is 25.3 Å². The van der Waals surface area contributed by atoms with Crippen LogP contribution in [0.3, 0.4) is 0 Å². The van der Waals surface area contributed by atoms with E-state index >= 15 is 0 Å². The molecule has 0 aromatic rings. The van der Waals surface area contributed by atoms with E-state index < -0.39 is 0 Å². The molecule has 2 atom stereocenters. The molecule has 0 aromatic heterocycles. The van der Waals surface area contributed by atoms with Gasteiger partial charge in [-0.05, 0) is 44.4 Å². The van der Waals surface area contributed by atoms with E-state index in [0.29, 0.717) is 17.5 Å². The zero-order chi connectivity index (χ0) is 12.2. The lowest BCUT2D eigenvalue weighted by molar-refractivity contribution is 0.0601. The van der Waals surface area contributed by atoms with Crippen molar-refractivity contribution in [3.05, 3.63) is 0 Å². The minimum atomic E-state index is 0.351. The van der Waals surface area contributed by atoms with Gasteiger partial charge in [-0.25, -0.2) is 0 Å². The summed E-state index contributed by atoms with van der Waals surface area (Å²) in [6.45, 7) is 13.4. The van der Waals surface area contributed by atoms with Crippen molar-refractivity contribution < 1.29 is 4.74 Å². The Bertz CT molecular complexity index is 191. The van der Waals surface area contributed by atoms with Gasteiger partial charge in [-0.3, -0.25) is 0 Å². The summed E-state index contributed by atoms with van der Waals surface area (Å²) in [5, 5.41) is 3.73. The highest BCUT2D eigenvalue weighted by atomic mass is 16.5. The second-order valence-electron chi connectivity index (χ2n) is 6.45. The first kappa shape index (κ1) is 14.0. The number of hydrogen-bond donors (Lipinski definition) is 1. The highest BCUT2D eigenvalue weighted by Gasteiger charge is 2.23. The van der Waals surface area contributed by atoms with Crippen LogP contribution < -0.4 is 5.32 Å². The maximum atomic E-state index is 5.40. The molecule has 1 heterocycles. The Morgan fingerprint density at radius 2 is 1.75 bits per heavy atom. The molecule has 0 aromatic carbocycles. The van der Waals surface area contributed by atoms with E-state index in [1.807, 2.05) is 0 Å². The molecule has 0 radical (unpaired) electrons. The minimum Gasteiger partial charge on any atom is -0.381 e. The van der Waals surface area contributed by atoms with Crippen molar-refractivity contribution >= 4 is 0 Å². The van der Waals surface area contributed by atoms with Crippen molar-refractivity contribution in [2.45, 2.75) is 66.0 Å². The number of rotatable bonds is 4. The molecule has 1 saturated heterocycles. The Hall–Kier alpha value is -0.0800. The molecule has 2 nitrogen and oxygen atoms in total. The van der Waals surface area contributed by atoms with E-state index in [0.717, 1.165) is 19.1 Å². The van der Waals surface area contributed by atoms with Crippen LogP contribution in [0.1, 0.15) is 53.9 Å². The summed E-state index contributed by atoms with van der Waals surface area (Å²) in [5.41, 5.74) is 0.351. The number of ether oxygens (including phenoxy) is 1. The highest BCUT2D eigenvalue weighted by Crippen LogP contribution is 2.23. The number of hydrogen-bond acceptors (Lipinski definition) is 2. The lowest BCUT2D eigenvalue weighted by Crippen LogP contribution is -2.43. The first-order valence-corrected chi connectivity index (χ1v) is 6.73. The zero-order valence-corrected chi connectivity index (χ0v) is 11.7. The lowest BCUT2D eigenvalue weighted by Gasteiger charge is -2.33. The van der Waals surface area contributed by atoms with E-state index in [1.165, 1.54) is 19.3 Å². The second-order valence-corrected chi connectivity index (χ2v) is 6.45. The van der Waals surface area contributed by atoms with Gasteiger partial charge in [-0.15, -0.1) is 0 Å². The van der Waals surface area contributed by atoms with Crippen LogP contribution in [0.15, 0.2) is 0 Å². The fourth-order valence-electron chi connectivity index (χ4n) is 2.23. The van der Waals surface area contributed by atoms with E-state index in [9.17, 15) is 0 Å². The van der Waals surface area contributed by atoms with E-state index in [1.54, 1.807) is 0 Å². The second kappa shape index (κ2) is 6.02. The van der Waals surface area contributed by atoms with Crippen molar-refractivity contribution in [1.29, 1.82) is 0 Å². The zero-order valence-electron chi connectivity index (χ0n) is 11.7. The molecule has 96 valence electrons. The van der Waals surface area contributed by atoms with E-state index in [-0.39, 0.29) is 0 Å². The van der Waals surface area contributed by atoms with Crippen LogP contribution >= 0.6 is 0 Å². The molecule has 1 fully saturated rings. The quantitative estimate of drug-likeness (QED) is 0.796. The molecule has 16 heavy (non-hydrogen) atoms. The van der Waals surface area contributed by atoms with Crippen LogP contribution in [-0.2, 0) is 4.74 Å². The molecule has 2 unspecified atom stereocenters. The molecular formula is C14H29NO. The summed E-state index contributed by atoms with van der Waals surface area (Å²) in [5.74, 6) is 0.864. The molecule has 2 heteroatoms. The van der Waals surface area contributed by atoms with Gasteiger partial charge in [0.2, 0.25) is 0 Å². The highest BCUT2D eigenvalue weighted by molar-refractivity contribution is 4.80. The first-order valence-electron chi connectivity index (χ1n) is 6.73. The topological polar surface area (TPSA) is 21.3 Å². The fraction of sp³-hybridized carbons (Fsp3) is 1.00. The summed E-state index contributed by atoms with van der Waals surface area (Å²) in [6.07, 6.45) is 3.79. The van der Waals surface area contributed by atoms with Gasteiger partial charge < -0.3 is 10.1 Å².